The molecule has 0 spiro atoms. The van der Waals surface area contributed by atoms with Gasteiger partial charge in [-0.25, -0.2) is 9.18 Å². The largest absolute Gasteiger partial charge is 0.465 e. The molecule has 1 atom stereocenters. The molecule has 0 radical (unpaired) electrons. The summed E-state index contributed by atoms with van der Waals surface area (Å²) in [6, 6.07) is 9.72. The predicted molar refractivity (Wildman–Crippen MR) is 118 cm³/mol. The Kier molecular flexibility index (Phi) is 6.58. The van der Waals surface area contributed by atoms with Gasteiger partial charge in [0.2, 0.25) is 0 Å². The summed E-state index contributed by atoms with van der Waals surface area (Å²) in [5.41, 5.74) is 9.28. The fraction of sp³-hybridized carbons (Fsp3) is 0.435. The second-order valence-electron chi connectivity index (χ2n) is 8.01. The van der Waals surface area contributed by atoms with Crippen LogP contribution in [0.4, 0.5) is 26.2 Å². The first kappa shape index (κ1) is 21.4. The van der Waals surface area contributed by atoms with Crippen LogP contribution in [0.15, 0.2) is 36.4 Å². The van der Waals surface area contributed by atoms with Crippen molar-refractivity contribution in [1.29, 1.82) is 0 Å². The van der Waals surface area contributed by atoms with Gasteiger partial charge in [0.15, 0.2) is 6.29 Å². The molecule has 2 fully saturated rings. The predicted octanol–water partition coefficient (Wildman–Crippen LogP) is 4.68. The minimum absolute atomic E-state index is 0.108. The Hall–Kier alpha value is -2.84. The van der Waals surface area contributed by atoms with Gasteiger partial charge in [-0.15, -0.1) is 0 Å². The van der Waals surface area contributed by atoms with E-state index < -0.39 is 6.09 Å². The number of nitrogens with two attached hydrogens (primary N) is 1. The third-order valence-corrected chi connectivity index (χ3v) is 5.83. The highest BCUT2D eigenvalue weighted by molar-refractivity contribution is 5.93. The molecule has 0 saturated carbocycles. The van der Waals surface area contributed by atoms with Crippen LogP contribution in [0.5, 0.6) is 0 Å². The zero-order valence-corrected chi connectivity index (χ0v) is 17.4. The van der Waals surface area contributed by atoms with Gasteiger partial charge < -0.3 is 25.2 Å². The van der Waals surface area contributed by atoms with Crippen LogP contribution >= 0.6 is 0 Å². The topological polar surface area (TPSA) is 97.0 Å². The molecule has 4 N–H and O–H groups in total. The van der Waals surface area contributed by atoms with Crippen LogP contribution in [0, 0.1) is 5.82 Å². The molecule has 1 amide bonds. The van der Waals surface area contributed by atoms with E-state index in [0.29, 0.717) is 11.4 Å². The number of rotatable bonds is 5. The first-order valence-electron chi connectivity index (χ1n) is 10.7. The van der Waals surface area contributed by atoms with Crippen LogP contribution in [-0.4, -0.2) is 43.3 Å². The number of halogens is 1. The highest BCUT2D eigenvalue weighted by atomic mass is 19.1. The van der Waals surface area contributed by atoms with Crippen LogP contribution in [0.3, 0.4) is 0 Å². The zero-order chi connectivity index (χ0) is 21.8. The van der Waals surface area contributed by atoms with Gasteiger partial charge >= 0.3 is 6.09 Å². The first-order valence-corrected chi connectivity index (χ1v) is 10.7. The summed E-state index contributed by atoms with van der Waals surface area (Å²) < 4.78 is 25.3. The van der Waals surface area contributed by atoms with E-state index in [4.69, 9.17) is 20.3 Å². The molecule has 2 saturated heterocycles. The van der Waals surface area contributed by atoms with E-state index in [-0.39, 0.29) is 18.2 Å². The van der Waals surface area contributed by atoms with E-state index in [2.05, 4.69) is 10.2 Å². The third kappa shape index (κ3) is 5.26. The zero-order valence-electron chi connectivity index (χ0n) is 17.4. The number of piperidine rings is 1. The maximum absolute atomic E-state index is 13.4. The Morgan fingerprint density at radius 2 is 1.90 bits per heavy atom. The van der Waals surface area contributed by atoms with E-state index in [9.17, 15) is 9.18 Å². The summed E-state index contributed by atoms with van der Waals surface area (Å²) in [6.07, 6.45) is 3.71. The molecule has 2 aromatic rings. The van der Waals surface area contributed by atoms with Crippen molar-refractivity contribution in [2.45, 2.75) is 44.5 Å². The number of carboxylic acid groups (broad SMARTS) is 1. The van der Waals surface area contributed by atoms with Crippen molar-refractivity contribution in [2.75, 3.05) is 35.6 Å². The molecular formula is C23H28FN3O4. The minimum atomic E-state index is -1.17. The average Bonchev–Trinajstić information content (AvgIpc) is 2.77. The van der Waals surface area contributed by atoms with Gasteiger partial charge in [0.1, 0.15) is 5.82 Å². The number of anilines is 3. The normalized spacial score (nSPS) is 19.9. The number of hydrogen-bond acceptors (Lipinski definition) is 5. The average molecular weight is 429 g/mol. The standard InChI is InChI=1S/C23H28FN3O4/c24-16-6-4-15(5-7-16)18-13-19(25)20(26-23(28)29)14-21(18)27-10-8-17(9-11-27)31-22-3-1-2-12-30-22/h4-7,13-14,17,22,26H,1-3,8-12,25H2,(H,28,29). The molecule has 2 aromatic carbocycles. The number of nitrogen functional groups attached to an aromatic ring is 1. The van der Waals surface area contributed by atoms with Crippen LogP contribution in [0.25, 0.3) is 11.1 Å². The van der Waals surface area contributed by atoms with E-state index in [1.807, 2.05) is 0 Å². The third-order valence-electron chi connectivity index (χ3n) is 5.83. The molecular weight excluding hydrogens is 401 g/mol. The van der Waals surface area contributed by atoms with E-state index in [0.717, 1.165) is 68.6 Å². The van der Waals surface area contributed by atoms with Crippen LogP contribution in [0.2, 0.25) is 0 Å². The van der Waals surface area contributed by atoms with Gasteiger partial charge in [-0.05, 0) is 61.9 Å². The van der Waals surface area contributed by atoms with Crippen molar-refractivity contribution in [3.05, 3.63) is 42.2 Å². The fourth-order valence-electron chi connectivity index (χ4n) is 4.22. The molecule has 8 heteroatoms. The molecule has 1 unspecified atom stereocenters. The number of amides is 1. The molecule has 2 heterocycles. The molecule has 0 aliphatic carbocycles. The lowest BCUT2D eigenvalue weighted by atomic mass is 9.98. The molecule has 31 heavy (non-hydrogen) atoms. The van der Waals surface area contributed by atoms with Gasteiger partial charge in [-0.1, -0.05) is 12.1 Å². The summed E-state index contributed by atoms with van der Waals surface area (Å²) in [5.74, 6) is -0.315. The molecule has 166 valence electrons. The summed E-state index contributed by atoms with van der Waals surface area (Å²) >= 11 is 0. The van der Waals surface area contributed by atoms with Crippen molar-refractivity contribution >= 4 is 23.2 Å². The van der Waals surface area contributed by atoms with Crippen molar-refractivity contribution in [3.63, 3.8) is 0 Å². The smallest absolute Gasteiger partial charge is 0.409 e. The number of nitrogens with zero attached hydrogens (tertiary/aromatic N) is 1. The van der Waals surface area contributed by atoms with Gasteiger partial charge in [-0.2, -0.15) is 0 Å². The lowest BCUT2D eigenvalue weighted by molar-refractivity contribution is -0.191. The molecule has 0 aromatic heterocycles. The number of benzene rings is 2. The molecule has 0 bridgehead atoms. The van der Waals surface area contributed by atoms with Crippen molar-refractivity contribution in [2.24, 2.45) is 0 Å². The summed E-state index contributed by atoms with van der Waals surface area (Å²) in [5, 5.41) is 11.5. The van der Waals surface area contributed by atoms with E-state index >= 15 is 0 Å². The Morgan fingerprint density at radius 3 is 2.55 bits per heavy atom. The molecule has 2 aliphatic rings. The first-order chi connectivity index (χ1) is 15.0. The highest BCUT2D eigenvalue weighted by Crippen LogP contribution is 2.38. The Morgan fingerprint density at radius 1 is 1.16 bits per heavy atom. The SMILES string of the molecule is Nc1cc(-c2ccc(F)cc2)c(N2CCC(OC3CCCCO3)CC2)cc1NC(=O)O. The monoisotopic (exact) mass is 429 g/mol. The van der Waals surface area contributed by atoms with Crippen LogP contribution in [0.1, 0.15) is 32.1 Å². The minimum Gasteiger partial charge on any atom is -0.465 e. The van der Waals surface area contributed by atoms with E-state index in [1.165, 1.54) is 12.1 Å². The van der Waals surface area contributed by atoms with Gasteiger partial charge in [-0.3, -0.25) is 5.32 Å². The van der Waals surface area contributed by atoms with Crippen molar-refractivity contribution in [3.8, 4) is 11.1 Å². The van der Waals surface area contributed by atoms with Gasteiger partial charge in [0, 0.05) is 30.9 Å². The number of hydrogen-bond donors (Lipinski definition) is 3. The van der Waals surface area contributed by atoms with Gasteiger partial charge in [0.05, 0.1) is 17.5 Å². The maximum Gasteiger partial charge on any atom is 0.409 e. The number of ether oxygens (including phenoxy) is 2. The molecule has 2 aliphatic heterocycles. The van der Waals surface area contributed by atoms with Crippen LogP contribution < -0.4 is 16.0 Å². The Labute approximate surface area is 180 Å². The van der Waals surface area contributed by atoms with E-state index in [1.54, 1.807) is 24.3 Å². The van der Waals surface area contributed by atoms with Gasteiger partial charge in [0.25, 0.3) is 0 Å². The fourth-order valence-corrected chi connectivity index (χ4v) is 4.22. The lowest BCUT2D eigenvalue weighted by Gasteiger charge is -2.37. The number of nitrogens with one attached hydrogen (secondary N) is 1. The quantitative estimate of drug-likeness (QED) is 0.598. The summed E-state index contributed by atoms with van der Waals surface area (Å²) in [7, 11) is 0. The molecule has 4 rings (SSSR count). The van der Waals surface area contributed by atoms with Crippen molar-refractivity contribution in [1.82, 2.24) is 0 Å². The second kappa shape index (κ2) is 9.53. The highest BCUT2D eigenvalue weighted by Gasteiger charge is 2.26. The summed E-state index contributed by atoms with van der Waals surface area (Å²) in [4.78, 5) is 13.4. The maximum atomic E-state index is 13.4. The van der Waals surface area contributed by atoms with Crippen LogP contribution in [-0.2, 0) is 9.47 Å². The Balaban J connectivity index is 1.55. The van der Waals surface area contributed by atoms with Crippen molar-refractivity contribution < 1.29 is 23.8 Å². The molecule has 7 nitrogen and oxygen atoms in total. The lowest BCUT2D eigenvalue weighted by Crippen LogP contribution is -2.39. The number of carbonyl (C=O) groups is 1. The second-order valence-corrected chi connectivity index (χ2v) is 8.01. The Bertz CT molecular complexity index is 908. The summed E-state index contributed by atoms with van der Waals surface area (Å²) in [6.45, 7) is 2.26.